The summed E-state index contributed by atoms with van der Waals surface area (Å²) >= 11 is 13.1. The number of nitrogens with zero attached hydrogens (tertiary/aromatic N) is 3. The van der Waals surface area contributed by atoms with E-state index in [9.17, 15) is 9.59 Å². The molecule has 7 nitrogen and oxygen atoms in total. The van der Waals surface area contributed by atoms with E-state index in [4.69, 9.17) is 27.9 Å². The van der Waals surface area contributed by atoms with E-state index in [1.807, 2.05) is 24.3 Å². The van der Waals surface area contributed by atoms with Crippen molar-refractivity contribution in [1.82, 2.24) is 10.2 Å². The minimum absolute atomic E-state index is 0.0698. The number of allylic oxidation sites excluding steroid dienone is 1. The Morgan fingerprint density at radius 1 is 1.03 bits per heavy atom. The van der Waals surface area contributed by atoms with Gasteiger partial charge in [-0.25, -0.2) is 0 Å². The molecule has 208 valence electrons. The molecule has 39 heavy (non-hydrogen) atoms. The second-order valence-electron chi connectivity index (χ2n) is 11.4. The second kappa shape index (κ2) is 11.6. The SMILES string of the molecule is CC(=O)N1CC2=C(CC(C)(C)CC2=O)N(c2ccc(Cl)cc2Cl)c2cc(CNCCN3CCOCC3)ccc21. The van der Waals surface area contributed by atoms with E-state index >= 15 is 0 Å². The number of rotatable bonds is 6. The maximum absolute atomic E-state index is 13.5. The molecule has 9 heteroatoms. The Bertz CT molecular complexity index is 1300. The average Bonchev–Trinajstić information content (AvgIpc) is 3.01. The van der Waals surface area contributed by atoms with Crippen molar-refractivity contribution in [3.63, 3.8) is 0 Å². The summed E-state index contributed by atoms with van der Waals surface area (Å²) < 4.78 is 5.45. The van der Waals surface area contributed by atoms with Crippen LogP contribution in [0.4, 0.5) is 17.1 Å². The van der Waals surface area contributed by atoms with Gasteiger partial charge in [0.1, 0.15) is 0 Å². The lowest BCUT2D eigenvalue weighted by Crippen LogP contribution is -2.40. The minimum atomic E-state index is -0.225. The fourth-order valence-corrected chi connectivity index (χ4v) is 6.20. The highest BCUT2D eigenvalue weighted by molar-refractivity contribution is 6.36. The van der Waals surface area contributed by atoms with Gasteiger partial charge in [-0.05, 0) is 47.7 Å². The largest absolute Gasteiger partial charge is 0.379 e. The van der Waals surface area contributed by atoms with Gasteiger partial charge in [-0.3, -0.25) is 14.5 Å². The highest BCUT2D eigenvalue weighted by Gasteiger charge is 2.40. The first kappa shape index (κ1) is 28.1. The fraction of sp³-hybridized carbons (Fsp3) is 0.467. The lowest BCUT2D eigenvalue weighted by molar-refractivity contribution is -0.118. The zero-order valence-electron chi connectivity index (χ0n) is 22.9. The number of benzene rings is 2. The van der Waals surface area contributed by atoms with Gasteiger partial charge in [-0.15, -0.1) is 0 Å². The number of hydrogen-bond acceptors (Lipinski definition) is 6. The fourth-order valence-electron chi connectivity index (χ4n) is 5.71. The molecular weight excluding hydrogens is 535 g/mol. The molecule has 0 saturated carbocycles. The zero-order chi connectivity index (χ0) is 27.7. The van der Waals surface area contributed by atoms with Gasteiger partial charge in [0.05, 0.1) is 41.8 Å². The molecule has 0 bridgehead atoms. The Balaban J connectivity index is 1.55. The van der Waals surface area contributed by atoms with Crippen LogP contribution in [0.15, 0.2) is 47.7 Å². The number of amides is 1. The van der Waals surface area contributed by atoms with Crippen LogP contribution in [-0.2, 0) is 20.9 Å². The molecular formula is C30H36Cl2N4O3. The molecule has 5 rings (SSSR count). The number of morpholine rings is 1. The molecule has 0 unspecified atom stereocenters. The lowest BCUT2D eigenvalue weighted by Gasteiger charge is -2.37. The molecule has 2 aromatic rings. The number of carbonyl (C=O) groups is 2. The first-order valence-corrected chi connectivity index (χ1v) is 14.3. The van der Waals surface area contributed by atoms with Gasteiger partial charge >= 0.3 is 0 Å². The summed E-state index contributed by atoms with van der Waals surface area (Å²) in [6.45, 7) is 12.0. The molecule has 1 fully saturated rings. The van der Waals surface area contributed by atoms with Gasteiger partial charge in [0, 0.05) is 62.4 Å². The number of ketones is 1. The summed E-state index contributed by atoms with van der Waals surface area (Å²) in [5.74, 6) is -0.0402. The van der Waals surface area contributed by atoms with Crippen molar-refractivity contribution in [2.45, 2.75) is 40.2 Å². The van der Waals surface area contributed by atoms with Crippen LogP contribution in [0.1, 0.15) is 39.2 Å². The monoisotopic (exact) mass is 570 g/mol. The Morgan fingerprint density at radius 2 is 1.77 bits per heavy atom. The summed E-state index contributed by atoms with van der Waals surface area (Å²) in [5.41, 5.74) is 4.74. The Kier molecular flexibility index (Phi) is 8.36. The third-order valence-electron chi connectivity index (χ3n) is 7.70. The standard InChI is InChI=1S/C30H36Cl2N4O3/c1-20(37)35-19-23-28(16-30(2,3)17-29(23)38)36(25-7-5-22(31)15-24(25)32)27-14-21(4-6-26(27)35)18-33-8-9-34-10-12-39-13-11-34/h4-7,14-15,33H,8-13,16-19H2,1-3H3. The molecule has 0 radical (unpaired) electrons. The summed E-state index contributed by atoms with van der Waals surface area (Å²) in [5, 5.41) is 4.59. The van der Waals surface area contributed by atoms with Crippen LogP contribution in [0.2, 0.25) is 10.0 Å². The van der Waals surface area contributed by atoms with Crippen molar-refractivity contribution < 1.29 is 14.3 Å². The number of carbonyl (C=O) groups excluding carboxylic acids is 2. The Hall–Kier alpha value is -2.42. The number of fused-ring (bicyclic) bond motifs is 1. The Labute approximate surface area is 240 Å². The number of halogens is 2. The van der Waals surface area contributed by atoms with Crippen LogP contribution in [0, 0.1) is 5.41 Å². The predicted molar refractivity (Wildman–Crippen MR) is 157 cm³/mol. The Morgan fingerprint density at radius 3 is 2.49 bits per heavy atom. The third kappa shape index (κ3) is 6.18. The van der Waals surface area contributed by atoms with E-state index in [1.54, 1.807) is 17.9 Å². The van der Waals surface area contributed by atoms with Gasteiger partial charge < -0.3 is 19.9 Å². The van der Waals surface area contributed by atoms with E-state index in [1.165, 1.54) is 0 Å². The number of nitrogens with one attached hydrogen (secondary N) is 1. The number of Topliss-reactive ketones (excluding diaryl/α,β-unsaturated/α-hetero) is 1. The van der Waals surface area contributed by atoms with Crippen molar-refractivity contribution in [3.05, 3.63) is 63.3 Å². The maximum atomic E-state index is 13.5. The predicted octanol–water partition coefficient (Wildman–Crippen LogP) is 5.56. The van der Waals surface area contributed by atoms with Gasteiger partial charge in [-0.2, -0.15) is 0 Å². The smallest absolute Gasteiger partial charge is 0.224 e. The first-order valence-electron chi connectivity index (χ1n) is 13.6. The van der Waals surface area contributed by atoms with Crippen molar-refractivity contribution in [1.29, 1.82) is 0 Å². The third-order valence-corrected chi connectivity index (χ3v) is 8.23. The molecule has 2 heterocycles. The summed E-state index contributed by atoms with van der Waals surface area (Å²) in [7, 11) is 0. The summed E-state index contributed by atoms with van der Waals surface area (Å²) in [6.07, 6.45) is 1.12. The van der Waals surface area contributed by atoms with E-state index in [0.29, 0.717) is 35.0 Å². The molecule has 1 N–H and O–H groups in total. The van der Waals surface area contributed by atoms with Crippen molar-refractivity contribution in [2.24, 2.45) is 5.41 Å². The molecule has 1 aliphatic carbocycles. The van der Waals surface area contributed by atoms with E-state index in [2.05, 4.69) is 35.0 Å². The molecule has 3 aliphatic rings. The van der Waals surface area contributed by atoms with Crippen LogP contribution in [-0.4, -0.2) is 62.5 Å². The lowest BCUT2D eigenvalue weighted by atomic mass is 9.75. The highest BCUT2D eigenvalue weighted by Crippen LogP contribution is 2.49. The minimum Gasteiger partial charge on any atom is -0.379 e. The van der Waals surface area contributed by atoms with Crippen molar-refractivity contribution in [2.75, 3.05) is 55.7 Å². The molecule has 2 aliphatic heterocycles. The van der Waals surface area contributed by atoms with Crippen molar-refractivity contribution >= 4 is 52.0 Å². The van der Waals surface area contributed by atoms with Crippen molar-refractivity contribution in [3.8, 4) is 0 Å². The summed E-state index contributed by atoms with van der Waals surface area (Å²) in [6, 6.07) is 11.6. The average molecular weight is 572 g/mol. The number of ether oxygens (including phenoxy) is 1. The van der Waals surface area contributed by atoms with E-state index in [-0.39, 0.29) is 23.7 Å². The highest BCUT2D eigenvalue weighted by atomic mass is 35.5. The molecule has 2 aromatic carbocycles. The molecule has 0 atom stereocenters. The second-order valence-corrected chi connectivity index (χ2v) is 12.2. The van der Waals surface area contributed by atoms with Crippen LogP contribution in [0.3, 0.4) is 0 Å². The first-order chi connectivity index (χ1) is 18.6. The normalized spacial score (nSPS) is 19.6. The number of anilines is 3. The topological polar surface area (TPSA) is 65.1 Å². The maximum Gasteiger partial charge on any atom is 0.224 e. The quantitative estimate of drug-likeness (QED) is 0.458. The van der Waals surface area contributed by atoms with Crippen LogP contribution >= 0.6 is 23.2 Å². The molecule has 1 saturated heterocycles. The van der Waals surface area contributed by atoms with Gasteiger partial charge in [0.25, 0.3) is 0 Å². The van der Waals surface area contributed by atoms with Crippen LogP contribution in [0.25, 0.3) is 0 Å². The van der Waals surface area contributed by atoms with Gasteiger partial charge in [0.2, 0.25) is 5.91 Å². The molecule has 0 aromatic heterocycles. The number of hydrogen-bond donors (Lipinski definition) is 1. The zero-order valence-corrected chi connectivity index (χ0v) is 24.4. The van der Waals surface area contributed by atoms with Crippen LogP contribution in [0.5, 0.6) is 0 Å². The molecule has 1 amide bonds. The summed E-state index contributed by atoms with van der Waals surface area (Å²) in [4.78, 5) is 32.6. The van der Waals surface area contributed by atoms with Gasteiger partial charge in [-0.1, -0.05) is 43.1 Å². The van der Waals surface area contributed by atoms with Gasteiger partial charge in [0.15, 0.2) is 5.78 Å². The van der Waals surface area contributed by atoms with E-state index in [0.717, 1.165) is 67.7 Å². The molecule has 0 spiro atoms. The van der Waals surface area contributed by atoms with E-state index < -0.39 is 0 Å². The van der Waals surface area contributed by atoms with Crippen LogP contribution < -0.4 is 15.1 Å².